The second-order valence-electron chi connectivity index (χ2n) is 3.71. The smallest absolute Gasteiger partial charge is 0.319 e. The van der Waals surface area contributed by atoms with Crippen LogP contribution in [-0.2, 0) is 9.53 Å². The van der Waals surface area contributed by atoms with Gasteiger partial charge in [0.1, 0.15) is 5.25 Å². The lowest BCUT2D eigenvalue weighted by Crippen LogP contribution is -2.18. The molecule has 0 aliphatic heterocycles. The molecule has 0 saturated heterocycles. The van der Waals surface area contributed by atoms with Crippen LogP contribution in [0.25, 0.3) is 5.65 Å². The van der Waals surface area contributed by atoms with E-state index in [-0.39, 0.29) is 11.2 Å². The summed E-state index contributed by atoms with van der Waals surface area (Å²) in [7, 11) is 1.38. The quantitative estimate of drug-likeness (QED) is 0.664. The van der Waals surface area contributed by atoms with Crippen molar-refractivity contribution in [2.24, 2.45) is 0 Å². The molecule has 0 aliphatic rings. The number of ether oxygens (including phenoxy) is 1. The SMILES string of the molecule is CCC(Sc1nnc2ccc(N)cn12)C(=O)OC. The average molecular weight is 266 g/mol. The average Bonchev–Trinajstić information content (AvgIpc) is 2.77. The predicted molar refractivity (Wildman–Crippen MR) is 69.4 cm³/mol. The highest BCUT2D eigenvalue weighted by Crippen LogP contribution is 2.25. The Hall–Kier alpha value is -1.76. The molecule has 18 heavy (non-hydrogen) atoms. The highest BCUT2D eigenvalue weighted by molar-refractivity contribution is 8.00. The molecule has 0 bridgehead atoms. The molecule has 6 nitrogen and oxygen atoms in total. The van der Waals surface area contributed by atoms with Gasteiger partial charge < -0.3 is 10.5 Å². The van der Waals surface area contributed by atoms with Crippen molar-refractivity contribution >= 4 is 29.1 Å². The first-order valence-corrected chi connectivity index (χ1v) is 6.38. The van der Waals surface area contributed by atoms with Crippen molar-refractivity contribution in [1.82, 2.24) is 14.6 Å². The van der Waals surface area contributed by atoms with Crippen molar-refractivity contribution in [2.45, 2.75) is 23.8 Å². The third kappa shape index (κ3) is 2.40. The summed E-state index contributed by atoms with van der Waals surface area (Å²) in [6, 6.07) is 3.54. The van der Waals surface area contributed by atoms with Gasteiger partial charge in [0.15, 0.2) is 10.8 Å². The number of nitrogen functional groups attached to an aromatic ring is 1. The molecule has 0 saturated carbocycles. The number of thioether (sulfide) groups is 1. The van der Waals surface area contributed by atoms with E-state index in [9.17, 15) is 4.79 Å². The lowest BCUT2D eigenvalue weighted by Gasteiger charge is -2.10. The lowest BCUT2D eigenvalue weighted by molar-refractivity contribution is -0.140. The van der Waals surface area contributed by atoms with Crippen molar-refractivity contribution in [3.05, 3.63) is 18.3 Å². The van der Waals surface area contributed by atoms with Crippen LogP contribution in [0.1, 0.15) is 13.3 Å². The van der Waals surface area contributed by atoms with E-state index in [0.29, 0.717) is 22.9 Å². The van der Waals surface area contributed by atoms with Gasteiger partial charge in [-0.05, 0) is 18.6 Å². The molecule has 0 fully saturated rings. The molecular weight excluding hydrogens is 252 g/mol. The van der Waals surface area contributed by atoms with E-state index < -0.39 is 0 Å². The van der Waals surface area contributed by atoms with Crippen LogP contribution in [0.15, 0.2) is 23.5 Å². The topological polar surface area (TPSA) is 82.5 Å². The zero-order valence-electron chi connectivity index (χ0n) is 10.2. The molecule has 2 aromatic heterocycles. The van der Waals surface area contributed by atoms with Gasteiger partial charge in [-0.1, -0.05) is 18.7 Å². The third-order valence-corrected chi connectivity index (χ3v) is 3.78. The van der Waals surface area contributed by atoms with Crippen molar-refractivity contribution in [1.29, 1.82) is 0 Å². The first-order chi connectivity index (χ1) is 8.65. The Balaban J connectivity index is 2.31. The Kier molecular flexibility index (Phi) is 3.71. The number of aromatic nitrogens is 3. The highest BCUT2D eigenvalue weighted by atomic mass is 32.2. The van der Waals surface area contributed by atoms with Gasteiger partial charge in [-0.3, -0.25) is 9.20 Å². The van der Waals surface area contributed by atoms with Crippen LogP contribution in [0, 0.1) is 0 Å². The maximum absolute atomic E-state index is 11.5. The summed E-state index contributed by atoms with van der Waals surface area (Å²) in [5.41, 5.74) is 7.04. The van der Waals surface area contributed by atoms with Crippen LogP contribution in [0.2, 0.25) is 0 Å². The lowest BCUT2D eigenvalue weighted by atomic mass is 10.3. The summed E-state index contributed by atoms with van der Waals surface area (Å²) in [6.45, 7) is 1.92. The number of pyridine rings is 1. The van der Waals surface area contributed by atoms with E-state index in [1.807, 2.05) is 6.92 Å². The van der Waals surface area contributed by atoms with Crippen LogP contribution in [0.4, 0.5) is 5.69 Å². The number of fused-ring (bicyclic) bond motifs is 1. The van der Waals surface area contributed by atoms with E-state index in [4.69, 9.17) is 10.5 Å². The number of rotatable bonds is 4. The molecule has 96 valence electrons. The first kappa shape index (κ1) is 12.7. The van der Waals surface area contributed by atoms with Crippen LogP contribution in [-0.4, -0.2) is 32.9 Å². The van der Waals surface area contributed by atoms with Gasteiger partial charge in [0, 0.05) is 11.9 Å². The van der Waals surface area contributed by atoms with Gasteiger partial charge in [-0.2, -0.15) is 0 Å². The minimum absolute atomic E-state index is 0.261. The van der Waals surface area contributed by atoms with Gasteiger partial charge in [0.2, 0.25) is 0 Å². The Morgan fingerprint density at radius 1 is 1.56 bits per heavy atom. The molecule has 2 rings (SSSR count). The number of carbonyl (C=O) groups excluding carboxylic acids is 1. The fourth-order valence-corrected chi connectivity index (χ4v) is 2.48. The first-order valence-electron chi connectivity index (χ1n) is 5.50. The summed E-state index contributed by atoms with van der Waals surface area (Å²) in [4.78, 5) is 11.5. The Morgan fingerprint density at radius 3 is 3.00 bits per heavy atom. The van der Waals surface area contributed by atoms with Crippen LogP contribution < -0.4 is 5.73 Å². The van der Waals surface area contributed by atoms with Gasteiger partial charge >= 0.3 is 5.97 Å². The number of hydrogen-bond donors (Lipinski definition) is 1. The summed E-state index contributed by atoms with van der Waals surface area (Å²) in [6.07, 6.45) is 2.40. The molecule has 0 aromatic carbocycles. The largest absolute Gasteiger partial charge is 0.468 e. The summed E-state index contributed by atoms with van der Waals surface area (Å²) in [5, 5.41) is 8.42. The minimum Gasteiger partial charge on any atom is -0.468 e. The molecule has 2 heterocycles. The van der Waals surface area contributed by atoms with Crippen molar-refractivity contribution in [3.63, 3.8) is 0 Å². The Bertz CT molecular complexity index is 569. The second-order valence-corrected chi connectivity index (χ2v) is 4.88. The predicted octanol–water partition coefficient (Wildman–Crippen LogP) is 1.36. The van der Waals surface area contributed by atoms with Gasteiger partial charge in [0.25, 0.3) is 0 Å². The van der Waals surface area contributed by atoms with Crippen molar-refractivity contribution < 1.29 is 9.53 Å². The summed E-state index contributed by atoms with van der Waals surface area (Å²) >= 11 is 1.33. The second kappa shape index (κ2) is 5.26. The number of esters is 1. The molecule has 1 unspecified atom stereocenters. The van der Waals surface area contributed by atoms with Gasteiger partial charge in [-0.25, -0.2) is 0 Å². The molecule has 1 atom stereocenters. The van der Waals surface area contributed by atoms with E-state index in [1.54, 1.807) is 22.7 Å². The number of anilines is 1. The van der Waals surface area contributed by atoms with Gasteiger partial charge in [-0.15, -0.1) is 10.2 Å². The highest BCUT2D eigenvalue weighted by Gasteiger charge is 2.21. The van der Waals surface area contributed by atoms with E-state index in [1.165, 1.54) is 18.9 Å². The van der Waals surface area contributed by atoms with Crippen molar-refractivity contribution in [3.8, 4) is 0 Å². The molecule has 2 N–H and O–H groups in total. The van der Waals surface area contributed by atoms with Crippen molar-refractivity contribution in [2.75, 3.05) is 12.8 Å². The number of hydrogen-bond acceptors (Lipinski definition) is 6. The number of carbonyl (C=O) groups is 1. The number of nitrogens with two attached hydrogens (primary N) is 1. The van der Waals surface area contributed by atoms with E-state index in [2.05, 4.69) is 10.2 Å². The molecule has 2 aromatic rings. The number of methoxy groups -OCH3 is 1. The third-order valence-electron chi connectivity index (χ3n) is 2.48. The zero-order chi connectivity index (χ0) is 13.1. The maximum atomic E-state index is 11.5. The monoisotopic (exact) mass is 266 g/mol. The zero-order valence-corrected chi connectivity index (χ0v) is 11.0. The standard InChI is InChI=1S/C11H14N4O2S/c1-3-8(10(16)17-2)18-11-14-13-9-5-4-7(12)6-15(9)11/h4-6,8H,3,12H2,1-2H3. The molecule has 0 amide bonds. The Morgan fingerprint density at radius 2 is 2.33 bits per heavy atom. The van der Waals surface area contributed by atoms with Crippen LogP contribution in [0.5, 0.6) is 0 Å². The fraction of sp³-hybridized carbons (Fsp3) is 0.364. The normalized spacial score (nSPS) is 12.6. The summed E-state index contributed by atoms with van der Waals surface area (Å²) < 4.78 is 6.52. The molecule has 0 radical (unpaired) electrons. The van der Waals surface area contributed by atoms with Crippen LogP contribution in [0.3, 0.4) is 0 Å². The maximum Gasteiger partial charge on any atom is 0.319 e. The molecule has 0 aliphatic carbocycles. The van der Waals surface area contributed by atoms with E-state index in [0.717, 1.165) is 0 Å². The molecule has 0 spiro atoms. The Labute approximate surface area is 109 Å². The fourth-order valence-electron chi connectivity index (χ4n) is 1.52. The minimum atomic E-state index is -0.288. The van der Waals surface area contributed by atoms with Crippen LogP contribution >= 0.6 is 11.8 Å². The molecule has 7 heteroatoms. The van der Waals surface area contributed by atoms with E-state index >= 15 is 0 Å². The molecular formula is C11H14N4O2S. The summed E-state index contributed by atoms with van der Waals surface area (Å²) in [5.74, 6) is -0.261. The number of nitrogens with zero attached hydrogens (tertiary/aromatic N) is 3. The van der Waals surface area contributed by atoms with Gasteiger partial charge in [0.05, 0.1) is 7.11 Å².